The zero-order chi connectivity index (χ0) is 14.6. The van der Waals surface area contributed by atoms with Crippen molar-refractivity contribution >= 4 is 21.6 Å². The van der Waals surface area contributed by atoms with Crippen molar-refractivity contribution in [2.75, 3.05) is 0 Å². The molecule has 0 heterocycles. The Labute approximate surface area is 120 Å². The number of benzene rings is 1. The Bertz CT molecular complexity index is 529. The molecule has 1 rings (SSSR count). The average Bonchev–Trinajstić information content (AvgIpc) is 2.27. The third-order valence-electron chi connectivity index (χ3n) is 2.70. The first kappa shape index (κ1) is 16.4. The van der Waals surface area contributed by atoms with Gasteiger partial charge in [0, 0.05) is 12.6 Å². The van der Waals surface area contributed by atoms with E-state index in [1.54, 1.807) is 12.1 Å². The van der Waals surface area contributed by atoms with Gasteiger partial charge in [-0.05, 0) is 37.0 Å². The summed E-state index contributed by atoms with van der Waals surface area (Å²) in [5.41, 5.74) is 6.26. The van der Waals surface area contributed by atoms with Crippen molar-refractivity contribution in [2.45, 2.75) is 44.7 Å². The molecule has 0 radical (unpaired) electrons. The van der Waals surface area contributed by atoms with Crippen LogP contribution in [0.25, 0.3) is 0 Å². The van der Waals surface area contributed by atoms with Gasteiger partial charge >= 0.3 is 0 Å². The summed E-state index contributed by atoms with van der Waals surface area (Å²) in [5.74, 6) is 0.420. The second kappa shape index (κ2) is 6.70. The lowest BCUT2D eigenvalue weighted by atomic mass is 10.1. The van der Waals surface area contributed by atoms with Gasteiger partial charge in [-0.15, -0.1) is 0 Å². The van der Waals surface area contributed by atoms with Crippen LogP contribution in [-0.2, 0) is 16.6 Å². The van der Waals surface area contributed by atoms with Crippen LogP contribution in [0, 0.1) is 5.92 Å². The van der Waals surface area contributed by atoms with Gasteiger partial charge in [0.1, 0.15) is 4.90 Å². The van der Waals surface area contributed by atoms with Gasteiger partial charge in [-0.25, -0.2) is 13.1 Å². The van der Waals surface area contributed by atoms with E-state index >= 15 is 0 Å². The molecule has 0 aromatic heterocycles. The number of nitrogens with one attached hydrogen (secondary N) is 1. The van der Waals surface area contributed by atoms with E-state index in [0.717, 1.165) is 12.0 Å². The maximum atomic E-state index is 12.3. The van der Waals surface area contributed by atoms with Crippen molar-refractivity contribution in [1.82, 2.24) is 4.72 Å². The minimum atomic E-state index is -3.61. The van der Waals surface area contributed by atoms with E-state index in [-0.39, 0.29) is 22.5 Å². The fourth-order valence-corrected chi connectivity index (χ4v) is 3.77. The summed E-state index contributed by atoms with van der Waals surface area (Å²) < 4.78 is 27.2. The Hall–Kier alpha value is -0.620. The quantitative estimate of drug-likeness (QED) is 0.848. The number of hydrogen-bond acceptors (Lipinski definition) is 3. The fraction of sp³-hybridized carbons (Fsp3) is 0.538. The molecule has 0 aliphatic carbocycles. The topological polar surface area (TPSA) is 72.2 Å². The number of nitrogens with two attached hydrogens (primary N) is 1. The smallest absolute Gasteiger partial charge is 0.242 e. The molecule has 0 saturated heterocycles. The van der Waals surface area contributed by atoms with Crippen molar-refractivity contribution in [1.29, 1.82) is 0 Å². The summed E-state index contributed by atoms with van der Waals surface area (Å²) >= 11 is 5.97. The Morgan fingerprint density at radius 2 is 1.95 bits per heavy atom. The van der Waals surface area contributed by atoms with E-state index in [1.165, 1.54) is 6.07 Å². The van der Waals surface area contributed by atoms with Crippen molar-refractivity contribution in [3.05, 3.63) is 28.8 Å². The largest absolute Gasteiger partial charge is 0.326 e. The van der Waals surface area contributed by atoms with Crippen LogP contribution in [-0.4, -0.2) is 14.5 Å². The zero-order valence-electron chi connectivity index (χ0n) is 11.5. The van der Waals surface area contributed by atoms with Gasteiger partial charge < -0.3 is 5.73 Å². The molecule has 0 amide bonds. The van der Waals surface area contributed by atoms with Gasteiger partial charge in [0.2, 0.25) is 10.0 Å². The van der Waals surface area contributed by atoms with Crippen LogP contribution in [0.1, 0.15) is 32.8 Å². The summed E-state index contributed by atoms with van der Waals surface area (Å²) in [5, 5.41) is 0.210. The molecule has 1 aromatic carbocycles. The number of hydrogen-bond donors (Lipinski definition) is 2. The number of rotatable bonds is 6. The SMILES string of the molecule is CC(C)CC(C)NS(=O)(=O)c1cc(CN)ccc1Cl. The van der Waals surface area contributed by atoms with Crippen molar-refractivity contribution in [3.8, 4) is 0 Å². The van der Waals surface area contributed by atoms with Crippen molar-refractivity contribution in [2.24, 2.45) is 11.7 Å². The molecular weight excluding hydrogens is 284 g/mol. The van der Waals surface area contributed by atoms with Crippen LogP contribution in [0.2, 0.25) is 5.02 Å². The van der Waals surface area contributed by atoms with E-state index in [4.69, 9.17) is 17.3 Å². The van der Waals surface area contributed by atoms with Gasteiger partial charge in [-0.2, -0.15) is 0 Å². The third kappa shape index (κ3) is 4.76. The van der Waals surface area contributed by atoms with E-state index in [0.29, 0.717) is 5.92 Å². The maximum absolute atomic E-state index is 12.3. The Balaban J connectivity index is 3.00. The van der Waals surface area contributed by atoms with Gasteiger partial charge in [0.25, 0.3) is 0 Å². The summed E-state index contributed by atoms with van der Waals surface area (Å²) in [4.78, 5) is 0.0905. The Morgan fingerprint density at radius 1 is 1.32 bits per heavy atom. The highest BCUT2D eigenvalue weighted by molar-refractivity contribution is 7.89. The van der Waals surface area contributed by atoms with Crippen LogP contribution in [0.4, 0.5) is 0 Å². The average molecular weight is 305 g/mol. The molecule has 1 atom stereocenters. The molecule has 0 aliphatic rings. The predicted octanol–water partition coefficient (Wildman–Crippen LogP) is 2.51. The first-order chi connectivity index (χ1) is 8.76. The first-order valence-corrected chi connectivity index (χ1v) is 8.13. The molecule has 0 fully saturated rings. The fourth-order valence-electron chi connectivity index (χ4n) is 1.96. The second-order valence-electron chi connectivity index (χ2n) is 5.12. The highest BCUT2D eigenvalue weighted by Gasteiger charge is 2.21. The van der Waals surface area contributed by atoms with Gasteiger partial charge in [-0.3, -0.25) is 0 Å². The van der Waals surface area contributed by atoms with Crippen LogP contribution >= 0.6 is 11.6 Å². The zero-order valence-corrected chi connectivity index (χ0v) is 13.1. The van der Waals surface area contributed by atoms with Crippen LogP contribution in [0.3, 0.4) is 0 Å². The third-order valence-corrected chi connectivity index (χ3v) is 4.77. The van der Waals surface area contributed by atoms with E-state index in [9.17, 15) is 8.42 Å². The summed E-state index contributed by atoms with van der Waals surface area (Å²) in [7, 11) is -3.61. The molecule has 4 nitrogen and oxygen atoms in total. The standard InChI is InChI=1S/C13H21ClN2O2S/c1-9(2)6-10(3)16-19(17,18)13-7-11(8-15)4-5-12(13)14/h4-5,7,9-10,16H,6,8,15H2,1-3H3. The lowest BCUT2D eigenvalue weighted by molar-refractivity contribution is 0.482. The lowest BCUT2D eigenvalue weighted by Gasteiger charge is -2.17. The summed E-state index contributed by atoms with van der Waals surface area (Å²) in [6.45, 7) is 6.22. The van der Waals surface area contributed by atoms with Crippen molar-refractivity contribution in [3.63, 3.8) is 0 Å². The molecule has 1 unspecified atom stereocenters. The Kier molecular flexibility index (Phi) is 5.80. The van der Waals surface area contributed by atoms with E-state index in [1.807, 2.05) is 20.8 Å². The molecule has 1 aromatic rings. The molecule has 0 bridgehead atoms. The second-order valence-corrected chi connectivity index (χ2v) is 7.21. The summed E-state index contributed by atoms with van der Waals surface area (Å²) in [6.07, 6.45) is 0.771. The molecule has 6 heteroatoms. The van der Waals surface area contributed by atoms with Crippen LogP contribution in [0.5, 0.6) is 0 Å². The molecule has 0 spiro atoms. The molecule has 0 aliphatic heterocycles. The number of halogens is 1. The van der Waals surface area contributed by atoms with Gasteiger partial charge in [-0.1, -0.05) is 31.5 Å². The molecule has 0 saturated carbocycles. The molecular formula is C13H21ClN2O2S. The van der Waals surface area contributed by atoms with Gasteiger partial charge in [0.05, 0.1) is 5.02 Å². The van der Waals surface area contributed by atoms with Crippen LogP contribution < -0.4 is 10.5 Å². The lowest BCUT2D eigenvalue weighted by Crippen LogP contribution is -2.33. The van der Waals surface area contributed by atoms with E-state index < -0.39 is 10.0 Å². The summed E-state index contributed by atoms with van der Waals surface area (Å²) in [6, 6.07) is 4.67. The molecule has 108 valence electrons. The van der Waals surface area contributed by atoms with Gasteiger partial charge in [0.15, 0.2) is 0 Å². The normalized spacial score (nSPS) is 13.8. The van der Waals surface area contributed by atoms with Crippen LogP contribution in [0.15, 0.2) is 23.1 Å². The molecule has 19 heavy (non-hydrogen) atoms. The number of sulfonamides is 1. The predicted molar refractivity (Wildman–Crippen MR) is 78.6 cm³/mol. The van der Waals surface area contributed by atoms with E-state index in [2.05, 4.69) is 4.72 Å². The Morgan fingerprint density at radius 3 is 2.47 bits per heavy atom. The minimum absolute atomic E-state index is 0.0905. The highest BCUT2D eigenvalue weighted by atomic mass is 35.5. The highest BCUT2D eigenvalue weighted by Crippen LogP contribution is 2.23. The maximum Gasteiger partial charge on any atom is 0.242 e. The van der Waals surface area contributed by atoms with Crippen molar-refractivity contribution < 1.29 is 8.42 Å². The molecule has 3 N–H and O–H groups in total. The monoisotopic (exact) mass is 304 g/mol. The minimum Gasteiger partial charge on any atom is -0.326 e. The first-order valence-electron chi connectivity index (χ1n) is 6.27.